The Kier molecular flexibility index (Phi) is 3.87. The zero-order valence-electron chi connectivity index (χ0n) is 8.89. The van der Waals surface area contributed by atoms with E-state index < -0.39 is 0 Å². The molecule has 5 nitrogen and oxygen atoms in total. The molecule has 0 atom stereocenters. The first-order chi connectivity index (χ1) is 8.25. The second-order valence-corrected chi connectivity index (χ2v) is 4.14. The SMILES string of the molecule is O=C(NCCc1cncnc1)c1ccc(Br)o1. The van der Waals surface area contributed by atoms with Crippen LogP contribution < -0.4 is 5.32 Å². The minimum atomic E-state index is -0.229. The Balaban J connectivity index is 1.81. The first kappa shape index (κ1) is 11.8. The maximum Gasteiger partial charge on any atom is 0.287 e. The highest BCUT2D eigenvalue weighted by atomic mass is 79.9. The third-order valence-corrected chi connectivity index (χ3v) is 2.54. The lowest BCUT2D eigenvalue weighted by molar-refractivity contribution is 0.0925. The molecule has 88 valence electrons. The standard InChI is InChI=1S/C11H10BrN3O2/c12-10-2-1-9(17-10)11(16)15-4-3-8-5-13-7-14-6-8/h1-2,5-7H,3-4H2,(H,15,16). The molecule has 0 spiro atoms. The second-order valence-electron chi connectivity index (χ2n) is 3.36. The fraction of sp³-hybridized carbons (Fsp3) is 0.182. The quantitative estimate of drug-likeness (QED) is 0.934. The van der Waals surface area contributed by atoms with Crippen molar-refractivity contribution in [2.75, 3.05) is 6.54 Å². The van der Waals surface area contributed by atoms with Gasteiger partial charge in [0.15, 0.2) is 10.4 Å². The van der Waals surface area contributed by atoms with Crippen LogP contribution in [0.25, 0.3) is 0 Å². The first-order valence-corrected chi connectivity index (χ1v) is 5.82. The Bertz CT molecular complexity index is 498. The average molecular weight is 296 g/mol. The van der Waals surface area contributed by atoms with E-state index in [9.17, 15) is 4.79 Å². The third-order valence-electron chi connectivity index (χ3n) is 2.11. The van der Waals surface area contributed by atoms with E-state index in [4.69, 9.17) is 4.42 Å². The molecule has 0 aliphatic rings. The summed E-state index contributed by atoms with van der Waals surface area (Å²) in [5.74, 6) is 0.0636. The summed E-state index contributed by atoms with van der Waals surface area (Å²) in [4.78, 5) is 19.4. The monoisotopic (exact) mass is 295 g/mol. The molecule has 0 aliphatic heterocycles. The summed E-state index contributed by atoms with van der Waals surface area (Å²) in [5, 5.41) is 2.75. The topological polar surface area (TPSA) is 68.0 Å². The smallest absolute Gasteiger partial charge is 0.287 e. The normalized spacial score (nSPS) is 10.2. The molecule has 17 heavy (non-hydrogen) atoms. The summed E-state index contributed by atoms with van der Waals surface area (Å²) in [6.45, 7) is 0.518. The van der Waals surface area contributed by atoms with E-state index >= 15 is 0 Å². The maximum atomic E-state index is 11.6. The van der Waals surface area contributed by atoms with Gasteiger partial charge in [-0.2, -0.15) is 0 Å². The van der Waals surface area contributed by atoms with Crippen molar-refractivity contribution in [1.82, 2.24) is 15.3 Å². The predicted octanol–water partition coefficient (Wildman–Crippen LogP) is 1.80. The summed E-state index contributed by atoms with van der Waals surface area (Å²) >= 11 is 3.14. The summed E-state index contributed by atoms with van der Waals surface area (Å²) in [6, 6.07) is 3.30. The number of furan rings is 1. The van der Waals surface area contributed by atoms with Gasteiger partial charge in [-0.15, -0.1) is 0 Å². The number of amides is 1. The molecular formula is C11H10BrN3O2. The highest BCUT2D eigenvalue weighted by Gasteiger charge is 2.09. The van der Waals surface area contributed by atoms with Gasteiger partial charge in [0.1, 0.15) is 6.33 Å². The second kappa shape index (κ2) is 5.58. The van der Waals surface area contributed by atoms with Crippen LogP contribution in [0.2, 0.25) is 0 Å². The molecule has 0 saturated carbocycles. The third kappa shape index (κ3) is 3.39. The van der Waals surface area contributed by atoms with E-state index in [0.717, 1.165) is 5.56 Å². The van der Waals surface area contributed by atoms with Crippen molar-refractivity contribution in [3.63, 3.8) is 0 Å². The lowest BCUT2D eigenvalue weighted by Gasteiger charge is -2.02. The van der Waals surface area contributed by atoms with Gasteiger partial charge in [-0.3, -0.25) is 4.79 Å². The zero-order chi connectivity index (χ0) is 12.1. The van der Waals surface area contributed by atoms with Gasteiger partial charge in [-0.25, -0.2) is 9.97 Å². The van der Waals surface area contributed by atoms with Crippen LogP contribution in [0.5, 0.6) is 0 Å². The first-order valence-electron chi connectivity index (χ1n) is 5.03. The molecule has 1 N–H and O–H groups in total. The van der Waals surface area contributed by atoms with Crippen molar-refractivity contribution < 1.29 is 9.21 Å². The van der Waals surface area contributed by atoms with Gasteiger partial charge in [-0.05, 0) is 40.0 Å². The van der Waals surface area contributed by atoms with Crippen LogP contribution in [0.3, 0.4) is 0 Å². The van der Waals surface area contributed by atoms with Gasteiger partial charge in [0, 0.05) is 18.9 Å². The summed E-state index contributed by atoms with van der Waals surface area (Å²) in [5.41, 5.74) is 0.980. The molecule has 1 amide bonds. The fourth-order valence-electron chi connectivity index (χ4n) is 1.30. The van der Waals surface area contributed by atoms with E-state index in [1.165, 1.54) is 6.33 Å². The van der Waals surface area contributed by atoms with Crippen LogP contribution >= 0.6 is 15.9 Å². The number of nitrogens with one attached hydrogen (secondary N) is 1. The Morgan fingerprint density at radius 1 is 1.35 bits per heavy atom. The number of carbonyl (C=O) groups excluding carboxylic acids is 1. The molecule has 2 aromatic heterocycles. The van der Waals surface area contributed by atoms with Gasteiger partial charge >= 0.3 is 0 Å². The van der Waals surface area contributed by atoms with E-state index in [1.807, 2.05) is 0 Å². The minimum absolute atomic E-state index is 0.229. The molecule has 0 aromatic carbocycles. The Morgan fingerprint density at radius 2 is 2.12 bits per heavy atom. The predicted molar refractivity (Wildman–Crippen MR) is 64.5 cm³/mol. The summed E-state index contributed by atoms with van der Waals surface area (Å²) < 4.78 is 5.67. The number of hydrogen-bond donors (Lipinski definition) is 1. The van der Waals surface area contributed by atoms with Crippen molar-refractivity contribution in [2.24, 2.45) is 0 Å². The lowest BCUT2D eigenvalue weighted by Crippen LogP contribution is -2.25. The summed E-state index contributed by atoms with van der Waals surface area (Å²) in [7, 11) is 0. The van der Waals surface area contributed by atoms with E-state index in [1.54, 1.807) is 24.5 Å². The van der Waals surface area contributed by atoms with Gasteiger partial charge in [-0.1, -0.05) is 0 Å². The van der Waals surface area contributed by atoms with Gasteiger partial charge in [0.05, 0.1) is 0 Å². The Hall–Kier alpha value is -1.69. The van der Waals surface area contributed by atoms with Crippen LogP contribution in [0, 0.1) is 0 Å². The van der Waals surface area contributed by atoms with Crippen LogP contribution in [-0.2, 0) is 6.42 Å². The van der Waals surface area contributed by atoms with E-state index in [0.29, 0.717) is 23.4 Å². The Morgan fingerprint density at radius 3 is 2.76 bits per heavy atom. The average Bonchev–Trinajstić information content (AvgIpc) is 2.77. The van der Waals surface area contributed by atoms with Gasteiger partial charge in [0.25, 0.3) is 5.91 Å². The fourth-order valence-corrected chi connectivity index (χ4v) is 1.61. The zero-order valence-corrected chi connectivity index (χ0v) is 10.5. The molecule has 0 aliphatic carbocycles. The number of rotatable bonds is 4. The maximum absolute atomic E-state index is 11.6. The van der Waals surface area contributed by atoms with Crippen LogP contribution in [0.15, 0.2) is 39.9 Å². The van der Waals surface area contributed by atoms with Gasteiger partial charge in [0.2, 0.25) is 0 Å². The largest absolute Gasteiger partial charge is 0.444 e. The molecule has 0 unspecified atom stereocenters. The van der Waals surface area contributed by atoms with E-state index in [-0.39, 0.29) is 5.91 Å². The molecule has 2 heterocycles. The van der Waals surface area contributed by atoms with E-state index in [2.05, 4.69) is 31.2 Å². The lowest BCUT2D eigenvalue weighted by atomic mass is 10.2. The van der Waals surface area contributed by atoms with Crippen molar-refractivity contribution >= 4 is 21.8 Å². The molecule has 2 aromatic rings. The van der Waals surface area contributed by atoms with Gasteiger partial charge < -0.3 is 9.73 Å². The van der Waals surface area contributed by atoms with Crippen LogP contribution in [0.4, 0.5) is 0 Å². The number of halogens is 1. The molecular weight excluding hydrogens is 286 g/mol. The minimum Gasteiger partial charge on any atom is -0.444 e. The van der Waals surface area contributed by atoms with Crippen LogP contribution in [-0.4, -0.2) is 22.4 Å². The van der Waals surface area contributed by atoms with Crippen molar-refractivity contribution in [3.05, 3.63) is 46.8 Å². The number of hydrogen-bond acceptors (Lipinski definition) is 4. The number of aromatic nitrogens is 2. The molecule has 0 bridgehead atoms. The number of carbonyl (C=O) groups is 1. The van der Waals surface area contributed by atoms with Crippen molar-refractivity contribution in [2.45, 2.75) is 6.42 Å². The Labute approximate surface area is 106 Å². The molecule has 6 heteroatoms. The molecule has 0 radical (unpaired) electrons. The van der Waals surface area contributed by atoms with Crippen molar-refractivity contribution in [1.29, 1.82) is 0 Å². The molecule has 0 fully saturated rings. The molecule has 0 saturated heterocycles. The van der Waals surface area contributed by atoms with Crippen LogP contribution in [0.1, 0.15) is 16.1 Å². The van der Waals surface area contributed by atoms with Crippen molar-refractivity contribution in [3.8, 4) is 0 Å². The molecule has 2 rings (SSSR count). The highest BCUT2D eigenvalue weighted by molar-refractivity contribution is 9.10. The highest BCUT2D eigenvalue weighted by Crippen LogP contribution is 2.13. The summed E-state index contributed by atoms with van der Waals surface area (Å²) in [6.07, 6.45) is 5.61. The number of nitrogens with zero attached hydrogens (tertiary/aromatic N) is 2.